The van der Waals surface area contributed by atoms with Crippen LogP contribution in [0.2, 0.25) is 0 Å². The monoisotopic (exact) mass is 372 g/mol. The van der Waals surface area contributed by atoms with E-state index in [0.717, 1.165) is 22.5 Å². The van der Waals surface area contributed by atoms with Crippen molar-refractivity contribution in [2.75, 3.05) is 23.9 Å². The van der Waals surface area contributed by atoms with Crippen molar-refractivity contribution in [3.8, 4) is 0 Å². The Bertz CT molecular complexity index is 930. The molecule has 142 valence electrons. The molecule has 2 aromatic rings. The van der Waals surface area contributed by atoms with Crippen LogP contribution in [0.4, 0.5) is 11.4 Å². The van der Waals surface area contributed by atoms with Gasteiger partial charge in [-0.05, 0) is 36.1 Å². The molecule has 2 aromatic carbocycles. The summed E-state index contributed by atoms with van der Waals surface area (Å²) < 4.78 is 0. The normalized spacial score (nSPS) is 25.6. The van der Waals surface area contributed by atoms with E-state index in [1.54, 1.807) is 36.0 Å². The summed E-state index contributed by atoms with van der Waals surface area (Å²) in [4.78, 5) is 31.1. The fraction of sp³-hybridized carbons (Fsp3) is 0.250. The second-order valence-corrected chi connectivity index (χ2v) is 7.56. The van der Waals surface area contributed by atoms with Gasteiger partial charge in [-0.3, -0.25) is 9.59 Å². The number of amides is 2. The van der Waals surface area contributed by atoms with Crippen LogP contribution in [0, 0.1) is 0 Å². The molecular weight excluding hydrogens is 348 g/mol. The Hall–Kier alpha value is -3.14. The summed E-state index contributed by atoms with van der Waals surface area (Å²) in [6.07, 6.45) is 4.25. The fourth-order valence-electron chi connectivity index (χ4n) is 5.28. The molecule has 0 spiro atoms. The van der Waals surface area contributed by atoms with Gasteiger partial charge in [-0.25, -0.2) is 0 Å². The number of hydrogen-bond acceptors (Lipinski definition) is 2. The number of rotatable bonds is 5. The van der Waals surface area contributed by atoms with Gasteiger partial charge in [0.05, 0.1) is 10.8 Å². The minimum atomic E-state index is -1.06. The number of carbonyl (C=O) groups is 2. The third-order valence-corrected chi connectivity index (χ3v) is 6.42. The van der Waals surface area contributed by atoms with Crippen molar-refractivity contribution in [1.29, 1.82) is 0 Å². The second kappa shape index (κ2) is 6.20. The third-order valence-electron chi connectivity index (χ3n) is 6.42. The average Bonchev–Trinajstić information content (AvgIpc) is 3.07. The lowest BCUT2D eigenvalue weighted by atomic mass is 9.54. The van der Waals surface area contributed by atoms with Crippen molar-refractivity contribution >= 4 is 23.2 Å². The van der Waals surface area contributed by atoms with E-state index in [2.05, 4.69) is 13.2 Å². The maximum Gasteiger partial charge on any atom is 0.239 e. The van der Waals surface area contributed by atoms with E-state index >= 15 is 0 Å². The zero-order valence-corrected chi connectivity index (χ0v) is 16.3. The number of carbonyl (C=O) groups excluding carboxylic acids is 2. The van der Waals surface area contributed by atoms with E-state index in [1.165, 1.54) is 0 Å². The van der Waals surface area contributed by atoms with E-state index < -0.39 is 10.8 Å². The SMILES string of the molecule is C=CC[C@]1([C@@]2(CC=C)C(=O)N(C)c3ccccc32)C(=O)N(C)c2ccccc21. The molecule has 0 fully saturated rings. The molecule has 0 bridgehead atoms. The zero-order valence-electron chi connectivity index (χ0n) is 16.3. The van der Waals surface area contributed by atoms with Crippen LogP contribution in [0.3, 0.4) is 0 Å². The zero-order chi connectivity index (χ0) is 20.1. The molecule has 4 heteroatoms. The first kappa shape index (κ1) is 18.2. The molecule has 0 unspecified atom stereocenters. The van der Waals surface area contributed by atoms with E-state index in [4.69, 9.17) is 0 Å². The molecule has 0 saturated carbocycles. The quantitative estimate of drug-likeness (QED) is 0.745. The first-order valence-electron chi connectivity index (χ1n) is 9.44. The van der Waals surface area contributed by atoms with Gasteiger partial charge in [0.25, 0.3) is 0 Å². The Balaban J connectivity index is 2.15. The Morgan fingerprint density at radius 2 is 1.11 bits per heavy atom. The van der Waals surface area contributed by atoms with Crippen molar-refractivity contribution < 1.29 is 9.59 Å². The molecule has 0 aliphatic carbocycles. The maximum absolute atomic E-state index is 13.9. The summed E-state index contributed by atoms with van der Waals surface area (Å²) in [5.74, 6) is -0.150. The predicted molar refractivity (Wildman–Crippen MR) is 113 cm³/mol. The standard InChI is InChI=1S/C24H24N2O2/c1-5-15-23(17-11-7-9-13-19(17)25(3)21(23)27)24(16-6-2)18-12-8-10-14-20(18)26(4)22(24)28/h5-14H,1-2,15-16H2,3-4H3/t23-,24-/m1/s1. The molecular formula is C24H24N2O2. The van der Waals surface area contributed by atoms with E-state index in [1.807, 2.05) is 48.5 Å². The van der Waals surface area contributed by atoms with Crippen LogP contribution in [0.25, 0.3) is 0 Å². The average molecular weight is 372 g/mol. The Morgan fingerprint density at radius 1 is 0.750 bits per heavy atom. The van der Waals surface area contributed by atoms with Gasteiger partial charge < -0.3 is 9.80 Å². The predicted octanol–water partition coefficient (Wildman–Crippen LogP) is 3.97. The van der Waals surface area contributed by atoms with Gasteiger partial charge in [-0.15, -0.1) is 13.2 Å². The van der Waals surface area contributed by atoms with Crippen molar-refractivity contribution in [1.82, 2.24) is 0 Å². The summed E-state index contributed by atoms with van der Waals surface area (Å²) >= 11 is 0. The molecule has 0 aromatic heterocycles. The highest BCUT2D eigenvalue weighted by molar-refractivity contribution is 6.18. The van der Waals surface area contributed by atoms with Crippen molar-refractivity contribution in [2.45, 2.75) is 23.7 Å². The molecule has 4 rings (SSSR count). The maximum atomic E-state index is 13.9. The molecule has 4 nitrogen and oxygen atoms in total. The molecule has 0 N–H and O–H groups in total. The van der Waals surface area contributed by atoms with Gasteiger partial charge in [-0.1, -0.05) is 48.6 Å². The molecule has 2 aliphatic rings. The van der Waals surface area contributed by atoms with Crippen LogP contribution >= 0.6 is 0 Å². The number of anilines is 2. The first-order valence-corrected chi connectivity index (χ1v) is 9.44. The molecule has 2 heterocycles. The number of fused-ring (bicyclic) bond motifs is 2. The van der Waals surface area contributed by atoms with Gasteiger partial charge in [0.2, 0.25) is 11.8 Å². The summed E-state index contributed by atoms with van der Waals surface area (Å²) in [6, 6.07) is 15.5. The van der Waals surface area contributed by atoms with Crippen LogP contribution in [0.5, 0.6) is 0 Å². The lowest BCUT2D eigenvalue weighted by Gasteiger charge is -2.43. The topological polar surface area (TPSA) is 40.6 Å². The van der Waals surface area contributed by atoms with Crippen LogP contribution in [-0.4, -0.2) is 25.9 Å². The number of benzene rings is 2. The van der Waals surface area contributed by atoms with Gasteiger partial charge in [0, 0.05) is 25.5 Å². The minimum absolute atomic E-state index is 0.0751. The lowest BCUT2D eigenvalue weighted by molar-refractivity contribution is -0.134. The largest absolute Gasteiger partial charge is 0.314 e. The highest BCUT2D eigenvalue weighted by atomic mass is 16.2. The van der Waals surface area contributed by atoms with Crippen molar-refractivity contribution in [2.24, 2.45) is 0 Å². The smallest absolute Gasteiger partial charge is 0.239 e. The van der Waals surface area contributed by atoms with E-state index in [-0.39, 0.29) is 11.8 Å². The Morgan fingerprint density at radius 3 is 1.46 bits per heavy atom. The van der Waals surface area contributed by atoms with Gasteiger partial charge in [0.1, 0.15) is 0 Å². The molecule has 2 atom stereocenters. The Labute approximate surface area is 165 Å². The van der Waals surface area contributed by atoms with Crippen molar-refractivity contribution in [3.05, 3.63) is 85.0 Å². The van der Waals surface area contributed by atoms with Crippen molar-refractivity contribution in [3.63, 3.8) is 0 Å². The Kier molecular flexibility index (Phi) is 4.03. The van der Waals surface area contributed by atoms with Gasteiger partial charge in [-0.2, -0.15) is 0 Å². The first-order chi connectivity index (χ1) is 13.5. The van der Waals surface area contributed by atoms with E-state index in [9.17, 15) is 9.59 Å². The third kappa shape index (κ3) is 1.90. The van der Waals surface area contributed by atoms with Gasteiger partial charge in [0.15, 0.2) is 0 Å². The second-order valence-electron chi connectivity index (χ2n) is 7.56. The van der Waals surface area contributed by atoms with E-state index in [0.29, 0.717) is 12.8 Å². The van der Waals surface area contributed by atoms with Crippen LogP contribution in [0.1, 0.15) is 24.0 Å². The van der Waals surface area contributed by atoms with Gasteiger partial charge >= 0.3 is 0 Å². The summed E-state index contributed by atoms with van der Waals surface area (Å²) in [5, 5.41) is 0. The van der Waals surface area contributed by atoms with Crippen LogP contribution in [0.15, 0.2) is 73.8 Å². The number of allylic oxidation sites excluding steroid dienone is 2. The highest BCUT2D eigenvalue weighted by Crippen LogP contribution is 2.60. The number of hydrogen-bond donors (Lipinski definition) is 0. The molecule has 2 aliphatic heterocycles. The number of para-hydroxylation sites is 2. The summed E-state index contributed by atoms with van der Waals surface area (Å²) in [7, 11) is 3.56. The fourth-order valence-corrected chi connectivity index (χ4v) is 5.28. The molecule has 0 saturated heterocycles. The number of nitrogens with zero attached hydrogens (tertiary/aromatic N) is 2. The lowest BCUT2D eigenvalue weighted by Crippen LogP contribution is -2.59. The molecule has 28 heavy (non-hydrogen) atoms. The molecule has 2 amide bonds. The molecule has 0 radical (unpaired) electrons. The van der Waals surface area contributed by atoms with Crippen LogP contribution < -0.4 is 9.80 Å². The highest BCUT2D eigenvalue weighted by Gasteiger charge is 2.68. The summed E-state index contributed by atoms with van der Waals surface area (Å²) in [6.45, 7) is 7.89. The summed E-state index contributed by atoms with van der Waals surface area (Å²) in [5.41, 5.74) is 1.32. The minimum Gasteiger partial charge on any atom is -0.314 e. The number of likely N-dealkylation sites (N-methyl/N-ethyl adjacent to an activating group) is 2. The van der Waals surface area contributed by atoms with Crippen LogP contribution in [-0.2, 0) is 20.4 Å².